The predicted octanol–water partition coefficient (Wildman–Crippen LogP) is 14.5. The summed E-state index contributed by atoms with van der Waals surface area (Å²) in [5.41, 5.74) is 5.13. The highest BCUT2D eigenvalue weighted by Gasteiger charge is 2.22. The SMILES string of the molecule is c1ccc2cc3c(cc2c1)c1c2c4ccccc4c4ccccc4c2ccc1n3-c1nc(-c2ccc3sc4ccccc4c3c2)c2c(ccc3ccccc32)n1. The Labute approximate surface area is 324 Å². The van der Waals surface area contributed by atoms with Gasteiger partial charge in [0.25, 0.3) is 0 Å². The second kappa shape index (κ2) is 11.2. The van der Waals surface area contributed by atoms with E-state index in [1.165, 1.54) is 79.4 Å². The van der Waals surface area contributed by atoms with E-state index < -0.39 is 0 Å². The van der Waals surface area contributed by atoms with Gasteiger partial charge in [0.2, 0.25) is 5.95 Å². The Kier molecular flexibility index (Phi) is 6.04. The molecule has 56 heavy (non-hydrogen) atoms. The zero-order chi connectivity index (χ0) is 36.5. The first-order chi connectivity index (χ1) is 27.8. The Morgan fingerprint density at radius 2 is 0.982 bits per heavy atom. The maximum absolute atomic E-state index is 5.66. The molecule has 3 heterocycles. The molecule has 0 unspecified atom stereocenters. The summed E-state index contributed by atoms with van der Waals surface area (Å²) in [6, 6.07) is 64.2. The van der Waals surface area contributed by atoms with Crippen molar-refractivity contribution in [3.63, 3.8) is 0 Å². The molecule has 4 heteroatoms. The molecule has 0 saturated carbocycles. The van der Waals surface area contributed by atoms with Crippen LogP contribution in [0.25, 0.3) is 124 Å². The summed E-state index contributed by atoms with van der Waals surface area (Å²) in [6.07, 6.45) is 0. The van der Waals surface area contributed by atoms with Gasteiger partial charge in [-0.1, -0.05) is 133 Å². The summed E-state index contributed by atoms with van der Waals surface area (Å²) in [6.45, 7) is 0. The average molecular weight is 728 g/mol. The molecule has 0 fully saturated rings. The third-order valence-electron chi connectivity index (χ3n) is 11.9. The highest BCUT2D eigenvalue weighted by molar-refractivity contribution is 7.25. The summed E-state index contributed by atoms with van der Waals surface area (Å²) < 4.78 is 4.89. The normalized spacial score (nSPS) is 12.3. The summed E-state index contributed by atoms with van der Waals surface area (Å²) in [7, 11) is 0. The summed E-state index contributed by atoms with van der Waals surface area (Å²) in [5.74, 6) is 0.665. The third-order valence-corrected chi connectivity index (χ3v) is 13.1. The molecule has 0 atom stereocenters. The minimum absolute atomic E-state index is 0.665. The van der Waals surface area contributed by atoms with Gasteiger partial charge in [-0.2, -0.15) is 0 Å². The van der Waals surface area contributed by atoms with Gasteiger partial charge >= 0.3 is 0 Å². The maximum Gasteiger partial charge on any atom is 0.235 e. The molecular formula is C52H29N3S. The molecule has 258 valence electrons. The van der Waals surface area contributed by atoms with E-state index >= 15 is 0 Å². The lowest BCUT2D eigenvalue weighted by atomic mass is 9.91. The molecule has 13 rings (SSSR count). The number of hydrogen-bond acceptors (Lipinski definition) is 3. The van der Waals surface area contributed by atoms with Gasteiger partial charge in [-0.15, -0.1) is 11.3 Å². The van der Waals surface area contributed by atoms with Gasteiger partial charge in [-0.05, 0) is 90.9 Å². The molecule has 3 nitrogen and oxygen atoms in total. The van der Waals surface area contributed by atoms with E-state index in [-0.39, 0.29) is 0 Å². The first-order valence-corrected chi connectivity index (χ1v) is 19.9. The smallest absolute Gasteiger partial charge is 0.235 e. The fraction of sp³-hybridized carbons (Fsp3) is 0. The molecular weight excluding hydrogens is 699 g/mol. The van der Waals surface area contributed by atoms with Crippen LogP contribution in [0.15, 0.2) is 176 Å². The van der Waals surface area contributed by atoms with Crippen molar-refractivity contribution in [2.24, 2.45) is 0 Å². The minimum Gasteiger partial charge on any atom is -0.278 e. The van der Waals surface area contributed by atoms with Crippen molar-refractivity contribution in [1.29, 1.82) is 0 Å². The number of benzene rings is 10. The van der Waals surface area contributed by atoms with Gasteiger partial charge in [0.15, 0.2) is 0 Å². The maximum atomic E-state index is 5.66. The molecule has 0 aliphatic carbocycles. The summed E-state index contributed by atoms with van der Waals surface area (Å²) in [4.78, 5) is 11.1. The number of aromatic nitrogens is 3. The van der Waals surface area contributed by atoms with Crippen LogP contribution in [0.2, 0.25) is 0 Å². The van der Waals surface area contributed by atoms with E-state index in [2.05, 4.69) is 180 Å². The standard InChI is InChI=1S/C52H29N3S/c1-2-13-32-29-45-42(27-31(32)12-1)50-44(25-23-40-37-17-6-5-15-35(37)36-16-7-8-19-39(36)48(40)50)55(45)52-53-43-24-21-30-11-3-4-14-34(30)49(43)51(54-52)33-22-26-47-41(28-33)38-18-9-10-20-46(38)56-47/h1-29H. The van der Waals surface area contributed by atoms with E-state index in [9.17, 15) is 0 Å². The Balaban J connectivity index is 1.21. The van der Waals surface area contributed by atoms with Crippen LogP contribution in [0.1, 0.15) is 0 Å². The first-order valence-electron chi connectivity index (χ1n) is 19.1. The molecule has 10 aromatic carbocycles. The van der Waals surface area contributed by atoms with E-state index in [1.807, 2.05) is 11.3 Å². The Morgan fingerprint density at radius 1 is 0.357 bits per heavy atom. The molecule has 13 aromatic rings. The molecule has 0 saturated heterocycles. The van der Waals surface area contributed by atoms with E-state index in [0.29, 0.717) is 5.95 Å². The zero-order valence-corrected chi connectivity index (χ0v) is 30.8. The summed E-state index contributed by atoms with van der Waals surface area (Å²) >= 11 is 1.84. The quantitative estimate of drug-likeness (QED) is 0.166. The largest absolute Gasteiger partial charge is 0.278 e. The van der Waals surface area contributed by atoms with Crippen LogP contribution in [0.4, 0.5) is 0 Å². The average Bonchev–Trinajstić information content (AvgIpc) is 3.80. The molecule has 0 bridgehead atoms. The van der Waals surface area contributed by atoms with Crippen molar-refractivity contribution in [2.75, 3.05) is 0 Å². The van der Waals surface area contributed by atoms with Gasteiger partial charge in [-0.3, -0.25) is 4.57 Å². The number of nitrogens with zero attached hydrogens (tertiary/aromatic N) is 3. The van der Waals surface area contributed by atoms with Crippen molar-refractivity contribution in [3.05, 3.63) is 176 Å². The monoisotopic (exact) mass is 727 g/mol. The van der Waals surface area contributed by atoms with Crippen LogP contribution >= 0.6 is 11.3 Å². The van der Waals surface area contributed by atoms with Gasteiger partial charge in [0.1, 0.15) is 0 Å². The van der Waals surface area contributed by atoms with Crippen molar-refractivity contribution in [3.8, 4) is 17.2 Å². The van der Waals surface area contributed by atoms with Crippen LogP contribution in [-0.2, 0) is 0 Å². The third kappa shape index (κ3) is 4.11. The fourth-order valence-electron chi connectivity index (χ4n) is 9.48. The highest BCUT2D eigenvalue weighted by atomic mass is 32.1. The van der Waals surface area contributed by atoms with Gasteiger partial charge in [0, 0.05) is 47.3 Å². The second-order valence-electron chi connectivity index (χ2n) is 14.9. The fourth-order valence-corrected chi connectivity index (χ4v) is 10.6. The van der Waals surface area contributed by atoms with E-state index in [4.69, 9.17) is 9.97 Å². The van der Waals surface area contributed by atoms with Crippen LogP contribution < -0.4 is 0 Å². The van der Waals surface area contributed by atoms with Crippen LogP contribution in [0, 0.1) is 0 Å². The number of fused-ring (bicyclic) bond motifs is 17. The summed E-state index contributed by atoms with van der Waals surface area (Å²) in [5, 5.41) is 18.3. The van der Waals surface area contributed by atoms with Crippen molar-refractivity contribution in [2.45, 2.75) is 0 Å². The number of hydrogen-bond donors (Lipinski definition) is 0. The van der Waals surface area contributed by atoms with Crippen molar-refractivity contribution >= 4 is 118 Å². The number of thiophene rings is 1. The Bertz CT molecular complexity index is 3800. The van der Waals surface area contributed by atoms with E-state index in [0.717, 1.165) is 38.6 Å². The van der Waals surface area contributed by atoms with Gasteiger partial charge < -0.3 is 0 Å². The molecule has 0 aliphatic rings. The van der Waals surface area contributed by atoms with Crippen LogP contribution in [0.3, 0.4) is 0 Å². The second-order valence-corrected chi connectivity index (χ2v) is 16.0. The zero-order valence-electron chi connectivity index (χ0n) is 30.0. The molecule has 0 aliphatic heterocycles. The van der Waals surface area contributed by atoms with Crippen LogP contribution in [0.5, 0.6) is 0 Å². The topological polar surface area (TPSA) is 30.7 Å². The van der Waals surface area contributed by atoms with Crippen LogP contribution in [-0.4, -0.2) is 14.5 Å². The van der Waals surface area contributed by atoms with Gasteiger partial charge in [-0.25, -0.2) is 9.97 Å². The lowest BCUT2D eigenvalue weighted by Gasteiger charge is -2.14. The van der Waals surface area contributed by atoms with Gasteiger partial charge in [0.05, 0.1) is 22.2 Å². The molecule has 0 N–H and O–H groups in total. The lowest BCUT2D eigenvalue weighted by molar-refractivity contribution is 1.02. The molecule has 0 radical (unpaired) electrons. The Hall–Kier alpha value is -7.14. The highest BCUT2D eigenvalue weighted by Crippen LogP contribution is 2.45. The van der Waals surface area contributed by atoms with Crippen molar-refractivity contribution < 1.29 is 0 Å². The van der Waals surface area contributed by atoms with Crippen molar-refractivity contribution in [1.82, 2.24) is 14.5 Å². The molecule has 3 aromatic heterocycles. The Morgan fingerprint density at radius 3 is 1.79 bits per heavy atom. The predicted molar refractivity (Wildman–Crippen MR) is 240 cm³/mol. The molecule has 0 spiro atoms. The number of rotatable bonds is 2. The van der Waals surface area contributed by atoms with E-state index in [1.54, 1.807) is 0 Å². The first kappa shape index (κ1) is 30.2. The molecule has 0 amide bonds. The lowest BCUT2D eigenvalue weighted by Crippen LogP contribution is -2.04. The minimum atomic E-state index is 0.665.